The number of rotatable bonds is 4. The predicted octanol–water partition coefficient (Wildman–Crippen LogP) is 2.35. The molecule has 4 heteroatoms. The number of benzene rings is 1. The normalized spacial score (nSPS) is 23.5. The van der Waals surface area contributed by atoms with Gasteiger partial charge in [-0.1, -0.05) is 28.1 Å². The Hall–Kier alpha value is -0.420. The minimum Gasteiger partial charge on any atom is -0.309 e. The molecule has 19 heavy (non-hydrogen) atoms. The zero-order valence-electron chi connectivity index (χ0n) is 12.1. The molecule has 0 aliphatic carbocycles. The zero-order chi connectivity index (χ0) is 13.8. The second-order valence-electron chi connectivity index (χ2n) is 5.58. The number of nitrogens with one attached hydrogen (secondary N) is 1. The van der Waals surface area contributed by atoms with Crippen LogP contribution in [-0.2, 0) is 0 Å². The number of likely N-dealkylation sites (N-methyl/N-ethyl adjacent to an activating group) is 2. The lowest BCUT2D eigenvalue weighted by molar-refractivity contribution is 0.112. The molecule has 1 saturated heterocycles. The first-order valence-corrected chi connectivity index (χ1v) is 7.73. The molecular weight excluding hydrogens is 302 g/mol. The van der Waals surface area contributed by atoms with Crippen molar-refractivity contribution in [3.63, 3.8) is 0 Å². The Bertz CT molecular complexity index is 393. The first-order chi connectivity index (χ1) is 9.06. The summed E-state index contributed by atoms with van der Waals surface area (Å²) in [5.41, 5.74) is 1.34. The lowest BCUT2D eigenvalue weighted by atomic mass is 10.1. The van der Waals surface area contributed by atoms with Crippen LogP contribution in [0.3, 0.4) is 0 Å². The summed E-state index contributed by atoms with van der Waals surface area (Å²) in [5.74, 6) is 0. The molecule has 1 aromatic rings. The van der Waals surface area contributed by atoms with Gasteiger partial charge in [0.2, 0.25) is 0 Å². The standard InChI is InChI=1S/C15H24BrN3/c1-12(13-4-6-14(16)7-5-13)17-10-15-11-18(2)8-9-19(15)3/h4-7,12,15,17H,8-11H2,1-3H3. The van der Waals surface area contributed by atoms with Gasteiger partial charge in [0.05, 0.1) is 0 Å². The molecule has 3 nitrogen and oxygen atoms in total. The lowest BCUT2D eigenvalue weighted by Gasteiger charge is -2.38. The SMILES string of the molecule is CC(NCC1CN(C)CCN1C)c1ccc(Br)cc1. The highest BCUT2D eigenvalue weighted by Gasteiger charge is 2.22. The molecule has 0 radical (unpaired) electrons. The van der Waals surface area contributed by atoms with Crippen molar-refractivity contribution in [3.8, 4) is 0 Å². The van der Waals surface area contributed by atoms with E-state index in [1.165, 1.54) is 12.1 Å². The van der Waals surface area contributed by atoms with Gasteiger partial charge in [0.25, 0.3) is 0 Å². The molecule has 2 atom stereocenters. The molecule has 0 aromatic heterocycles. The van der Waals surface area contributed by atoms with Crippen LogP contribution >= 0.6 is 15.9 Å². The van der Waals surface area contributed by atoms with Gasteiger partial charge in [-0.25, -0.2) is 0 Å². The van der Waals surface area contributed by atoms with E-state index in [0.717, 1.165) is 24.1 Å². The van der Waals surface area contributed by atoms with Crippen LogP contribution in [0.1, 0.15) is 18.5 Å². The fourth-order valence-electron chi connectivity index (χ4n) is 2.50. The Morgan fingerprint density at radius 1 is 1.26 bits per heavy atom. The predicted molar refractivity (Wildman–Crippen MR) is 84.5 cm³/mol. The first kappa shape index (κ1) is 15.0. The van der Waals surface area contributed by atoms with E-state index in [4.69, 9.17) is 0 Å². The van der Waals surface area contributed by atoms with Gasteiger partial charge in [-0.2, -0.15) is 0 Å². The summed E-state index contributed by atoms with van der Waals surface area (Å²) in [6.45, 7) is 6.76. The maximum Gasteiger partial charge on any atom is 0.0345 e. The van der Waals surface area contributed by atoms with Crippen LogP contribution < -0.4 is 5.32 Å². The number of piperazine rings is 1. The molecule has 1 aromatic carbocycles. The van der Waals surface area contributed by atoms with Gasteiger partial charge in [-0.15, -0.1) is 0 Å². The molecule has 0 amide bonds. The van der Waals surface area contributed by atoms with Crippen molar-refractivity contribution < 1.29 is 0 Å². The Labute approximate surface area is 125 Å². The Morgan fingerprint density at radius 3 is 2.63 bits per heavy atom. The zero-order valence-corrected chi connectivity index (χ0v) is 13.7. The quantitative estimate of drug-likeness (QED) is 0.916. The summed E-state index contributed by atoms with van der Waals surface area (Å²) in [5, 5.41) is 3.66. The van der Waals surface area contributed by atoms with E-state index < -0.39 is 0 Å². The number of hydrogen-bond acceptors (Lipinski definition) is 3. The first-order valence-electron chi connectivity index (χ1n) is 6.94. The minimum absolute atomic E-state index is 0.397. The summed E-state index contributed by atoms with van der Waals surface area (Å²) < 4.78 is 1.14. The third-order valence-electron chi connectivity index (χ3n) is 4.01. The molecule has 1 aliphatic rings. The van der Waals surface area contributed by atoms with Crippen LogP contribution in [0.4, 0.5) is 0 Å². The van der Waals surface area contributed by atoms with Gasteiger partial charge < -0.3 is 10.2 Å². The van der Waals surface area contributed by atoms with Crippen LogP contribution in [0.2, 0.25) is 0 Å². The highest BCUT2D eigenvalue weighted by atomic mass is 79.9. The van der Waals surface area contributed by atoms with Gasteiger partial charge >= 0.3 is 0 Å². The summed E-state index contributed by atoms with van der Waals surface area (Å²) in [6.07, 6.45) is 0. The maximum absolute atomic E-state index is 3.66. The molecule has 1 aliphatic heterocycles. The minimum atomic E-state index is 0.397. The highest BCUT2D eigenvalue weighted by molar-refractivity contribution is 9.10. The van der Waals surface area contributed by atoms with E-state index in [-0.39, 0.29) is 0 Å². The van der Waals surface area contributed by atoms with Gasteiger partial charge in [-0.3, -0.25) is 4.90 Å². The third kappa shape index (κ3) is 4.28. The monoisotopic (exact) mass is 325 g/mol. The fraction of sp³-hybridized carbons (Fsp3) is 0.600. The molecule has 2 unspecified atom stereocenters. The summed E-state index contributed by atoms with van der Waals surface area (Å²) in [4.78, 5) is 4.87. The van der Waals surface area contributed by atoms with E-state index in [1.54, 1.807) is 0 Å². The van der Waals surface area contributed by atoms with Crippen molar-refractivity contribution in [2.75, 3.05) is 40.3 Å². The van der Waals surface area contributed by atoms with E-state index in [9.17, 15) is 0 Å². The lowest BCUT2D eigenvalue weighted by Crippen LogP contribution is -2.53. The molecule has 0 bridgehead atoms. The van der Waals surface area contributed by atoms with Gasteiger partial charge in [-0.05, 0) is 38.7 Å². The summed E-state index contributed by atoms with van der Waals surface area (Å²) >= 11 is 3.48. The number of halogens is 1. The molecule has 1 N–H and O–H groups in total. The smallest absolute Gasteiger partial charge is 0.0345 e. The molecule has 2 rings (SSSR count). The highest BCUT2D eigenvalue weighted by Crippen LogP contribution is 2.16. The Kier molecular flexibility index (Phi) is 5.39. The molecule has 0 saturated carbocycles. The van der Waals surface area contributed by atoms with Crippen LogP contribution in [0.25, 0.3) is 0 Å². The maximum atomic E-state index is 3.66. The summed E-state index contributed by atoms with van der Waals surface area (Å²) in [7, 11) is 4.43. The number of hydrogen-bond donors (Lipinski definition) is 1. The molecule has 1 fully saturated rings. The summed E-state index contributed by atoms with van der Waals surface area (Å²) in [6, 6.07) is 9.57. The van der Waals surface area contributed by atoms with E-state index >= 15 is 0 Å². The van der Waals surface area contributed by atoms with Gasteiger partial charge in [0.1, 0.15) is 0 Å². The topological polar surface area (TPSA) is 18.5 Å². The Balaban J connectivity index is 1.85. The molecular formula is C15H24BrN3. The van der Waals surface area contributed by atoms with Gasteiger partial charge in [0.15, 0.2) is 0 Å². The fourth-order valence-corrected chi connectivity index (χ4v) is 2.77. The van der Waals surface area contributed by atoms with Crippen molar-refractivity contribution in [2.24, 2.45) is 0 Å². The van der Waals surface area contributed by atoms with Crippen LogP contribution in [0.5, 0.6) is 0 Å². The van der Waals surface area contributed by atoms with Gasteiger partial charge in [0, 0.05) is 42.7 Å². The van der Waals surface area contributed by atoms with Crippen molar-refractivity contribution in [3.05, 3.63) is 34.3 Å². The van der Waals surface area contributed by atoms with Crippen molar-refractivity contribution >= 4 is 15.9 Å². The second-order valence-corrected chi connectivity index (χ2v) is 6.49. The van der Waals surface area contributed by atoms with E-state index in [0.29, 0.717) is 12.1 Å². The van der Waals surface area contributed by atoms with Crippen molar-refractivity contribution in [1.82, 2.24) is 15.1 Å². The van der Waals surface area contributed by atoms with Crippen molar-refractivity contribution in [1.29, 1.82) is 0 Å². The van der Waals surface area contributed by atoms with E-state index in [2.05, 4.69) is 76.3 Å². The molecule has 106 valence electrons. The van der Waals surface area contributed by atoms with Crippen molar-refractivity contribution in [2.45, 2.75) is 19.0 Å². The third-order valence-corrected chi connectivity index (χ3v) is 4.54. The average molecular weight is 326 g/mol. The average Bonchev–Trinajstić information content (AvgIpc) is 2.40. The molecule has 0 spiro atoms. The van der Waals surface area contributed by atoms with Crippen LogP contribution in [-0.4, -0.2) is 56.1 Å². The largest absolute Gasteiger partial charge is 0.309 e. The number of nitrogens with zero attached hydrogens (tertiary/aromatic N) is 2. The van der Waals surface area contributed by atoms with Crippen LogP contribution in [0.15, 0.2) is 28.7 Å². The second kappa shape index (κ2) is 6.84. The molecule has 1 heterocycles. The van der Waals surface area contributed by atoms with E-state index in [1.807, 2.05) is 0 Å². The Morgan fingerprint density at radius 2 is 1.95 bits per heavy atom. The van der Waals surface area contributed by atoms with Crippen LogP contribution in [0, 0.1) is 0 Å².